The van der Waals surface area contributed by atoms with Gasteiger partial charge in [-0.05, 0) is 31.7 Å². The van der Waals surface area contributed by atoms with Gasteiger partial charge in [0, 0.05) is 51.4 Å². The van der Waals surface area contributed by atoms with E-state index < -0.39 is 0 Å². The Kier molecular flexibility index (Phi) is 5.23. The van der Waals surface area contributed by atoms with Crippen molar-refractivity contribution < 1.29 is 10.2 Å². The molecule has 0 amide bonds. The molecule has 0 aromatic heterocycles. The highest BCUT2D eigenvalue weighted by Crippen LogP contribution is 2.24. The van der Waals surface area contributed by atoms with Crippen LogP contribution in [0.4, 0.5) is 0 Å². The van der Waals surface area contributed by atoms with Crippen LogP contribution in [-0.2, 0) is 0 Å². The van der Waals surface area contributed by atoms with Gasteiger partial charge in [-0.15, -0.1) is 0 Å². The van der Waals surface area contributed by atoms with Crippen molar-refractivity contribution in [3.8, 4) is 11.5 Å². The Morgan fingerprint density at radius 3 is 2.30 bits per heavy atom. The summed E-state index contributed by atoms with van der Waals surface area (Å²) in [7, 11) is 2.16. The van der Waals surface area contributed by atoms with E-state index in [2.05, 4.69) is 22.2 Å². The van der Waals surface area contributed by atoms with Crippen LogP contribution >= 0.6 is 0 Å². The third-order valence-electron chi connectivity index (χ3n) is 3.90. The van der Waals surface area contributed by atoms with Gasteiger partial charge >= 0.3 is 0 Å². The van der Waals surface area contributed by atoms with Gasteiger partial charge in [0.15, 0.2) is 0 Å². The van der Waals surface area contributed by atoms with Gasteiger partial charge in [-0.25, -0.2) is 0 Å². The molecule has 1 heterocycles. The molecule has 0 aliphatic carbocycles. The van der Waals surface area contributed by atoms with Crippen molar-refractivity contribution in [1.29, 1.82) is 0 Å². The SMILES string of the molecule is CC(NCCN1CCN(C)CC1)c1cc(O)cc(O)c1. The molecular weight excluding hydrogens is 254 g/mol. The van der Waals surface area contributed by atoms with Crippen LogP contribution in [0.25, 0.3) is 0 Å². The zero-order chi connectivity index (χ0) is 14.5. The molecule has 1 aliphatic rings. The van der Waals surface area contributed by atoms with Gasteiger partial charge in [0.25, 0.3) is 0 Å². The van der Waals surface area contributed by atoms with Crippen LogP contribution < -0.4 is 5.32 Å². The van der Waals surface area contributed by atoms with Crippen LogP contribution in [0.5, 0.6) is 11.5 Å². The Bertz CT molecular complexity index is 411. The van der Waals surface area contributed by atoms with Crippen LogP contribution in [0.2, 0.25) is 0 Å². The Balaban J connectivity index is 1.76. The first kappa shape index (κ1) is 15.1. The van der Waals surface area contributed by atoms with Crippen molar-refractivity contribution in [2.24, 2.45) is 0 Å². The predicted molar refractivity (Wildman–Crippen MR) is 80.1 cm³/mol. The summed E-state index contributed by atoms with van der Waals surface area (Å²) in [5.74, 6) is 0.209. The van der Waals surface area contributed by atoms with E-state index in [0.717, 1.165) is 44.8 Å². The number of aromatic hydroxyl groups is 2. The Morgan fingerprint density at radius 2 is 1.70 bits per heavy atom. The summed E-state index contributed by atoms with van der Waals surface area (Å²) >= 11 is 0. The van der Waals surface area contributed by atoms with Gasteiger partial charge in [-0.1, -0.05) is 0 Å². The van der Waals surface area contributed by atoms with Crippen molar-refractivity contribution >= 4 is 0 Å². The number of phenolic OH excluding ortho intramolecular Hbond substituents is 2. The lowest BCUT2D eigenvalue weighted by Crippen LogP contribution is -2.46. The molecule has 0 bridgehead atoms. The molecule has 0 spiro atoms. The Morgan fingerprint density at radius 1 is 1.10 bits per heavy atom. The molecule has 1 aromatic rings. The van der Waals surface area contributed by atoms with E-state index >= 15 is 0 Å². The molecule has 1 saturated heterocycles. The second-order valence-electron chi connectivity index (χ2n) is 5.60. The molecule has 3 N–H and O–H groups in total. The van der Waals surface area contributed by atoms with Gasteiger partial charge < -0.3 is 20.4 Å². The van der Waals surface area contributed by atoms with Gasteiger partial charge in [-0.3, -0.25) is 4.90 Å². The quantitative estimate of drug-likeness (QED) is 0.750. The lowest BCUT2D eigenvalue weighted by atomic mass is 10.1. The fourth-order valence-corrected chi connectivity index (χ4v) is 2.50. The minimum atomic E-state index is 0.104. The highest BCUT2D eigenvalue weighted by Gasteiger charge is 2.13. The lowest BCUT2D eigenvalue weighted by Gasteiger charge is -2.32. The minimum Gasteiger partial charge on any atom is -0.508 e. The average molecular weight is 279 g/mol. The minimum absolute atomic E-state index is 0.104. The number of nitrogens with one attached hydrogen (secondary N) is 1. The number of likely N-dealkylation sites (N-methyl/N-ethyl adjacent to an activating group) is 1. The maximum absolute atomic E-state index is 9.50. The summed E-state index contributed by atoms with van der Waals surface area (Å²) in [5, 5.41) is 22.4. The highest BCUT2D eigenvalue weighted by atomic mass is 16.3. The van der Waals surface area contributed by atoms with Crippen molar-refractivity contribution in [2.75, 3.05) is 46.3 Å². The Hall–Kier alpha value is -1.30. The van der Waals surface area contributed by atoms with E-state index in [4.69, 9.17) is 0 Å². The molecule has 0 saturated carbocycles. The number of rotatable bonds is 5. The van der Waals surface area contributed by atoms with E-state index in [1.807, 2.05) is 6.92 Å². The molecule has 1 atom stereocenters. The Labute approximate surface area is 120 Å². The van der Waals surface area contributed by atoms with Crippen LogP contribution in [0.15, 0.2) is 18.2 Å². The molecule has 1 unspecified atom stereocenters. The maximum Gasteiger partial charge on any atom is 0.119 e. The number of phenols is 2. The second kappa shape index (κ2) is 6.92. The van der Waals surface area contributed by atoms with Gasteiger partial charge in [0.1, 0.15) is 11.5 Å². The van der Waals surface area contributed by atoms with Crippen LogP contribution in [0.1, 0.15) is 18.5 Å². The predicted octanol–water partition coefficient (Wildman–Crippen LogP) is 0.996. The topological polar surface area (TPSA) is 59.0 Å². The number of hydrogen-bond acceptors (Lipinski definition) is 5. The van der Waals surface area contributed by atoms with Crippen molar-refractivity contribution in [1.82, 2.24) is 15.1 Å². The molecular formula is C15H25N3O2. The normalized spacial score (nSPS) is 19.1. The first-order valence-corrected chi connectivity index (χ1v) is 7.22. The summed E-state index contributed by atoms with van der Waals surface area (Å²) in [6.45, 7) is 8.49. The van der Waals surface area contributed by atoms with Crippen molar-refractivity contribution in [3.63, 3.8) is 0 Å². The fourth-order valence-electron chi connectivity index (χ4n) is 2.50. The van der Waals surface area contributed by atoms with Gasteiger partial charge in [0.05, 0.1) is 0 Å². The lowest BCUT2D eigenvalue weighted by molar-refractivity contribution is 0.154. The van der Waals surface area contributed by atoms with E-state index in [0.29, 0.717) is 0 Å². The molecule has 5 nitrogen and oxygen atoms in total. The molecule has 1 aromatic carbocycles. The van der Waals surface area contributed by atoms with Gasteiger partial charge in [0.2, 0.25) is 0 Å². The van der Waals surface area contributed by atoms with Crippen LogP contribution in [-0.4, -0.2) is 66.3 Å². The van der Waals surface area contributed by atoms with Crippen LogP contribution in [0.3, 0.4) is 0 Å². The number of benzene rings is 1. The first-order chi connectivity index (χ1) is 9.54. The fraction of sp³-hybridized carbons (Fsp3) is 0.600. The summed E-state index contributed by atoms with van der Waals surface area (Å²) in [6, 6.07) is 4.83. The molecule has 1 fully saturated rings. The molecule has 0 radical (unpaired) electrons. The van der Waals surface area contributed by atoms with E-state index in [1.165, 1.54) is 6.07 Å². The number of nitrogens with zero attached hydrogens (tertiary/aromatic N) is 2. The summed E-state index contributed by atoms with van der Waals surface area (Å²) in [6.07, 6.45) is 0. The third kappa shape index (κ3) is 4.37. The smallest absolute Gasteiger partial charge is 0.119 e. The van der Waals surface area contributed by atoms with E-state index in [1.54, 1.807) is 12.1 Å². The van der Waals surface area contributed by atoms with Crippen molar-refractivity contribution in [3.05, 3.63) is 23.8 Å². The summed E-state index contributed by atoms with van der Waals surface area (Å²) in [5.41, 5.74) is 0.904. The summed E-state index contributed by atoms with van der Waals surface area (Å²) < 4.78 is 0. The van der Waals surface area contributed by atoms with Crippen molar-refractivity contribution in [2.45, 2.75) is 13.0 Å². The monoisotopic (exact) mass is 279 g/mol. The number of piperazine rings is 1. The third-order valence-corrected chi connectivity index (χ3v) is 3.90. The average Bonchev–Trinajstić information content (AvgIpc) is 2.40. The number of hydrogen-bond donors (Lipinski definition) is 3. The molecule has 2 rings (SSSR count). The molecule has 5 heteroatoms. The first-order valence-electron chi connectivity index (χ1n) is 7.22. The summed E-state index contributed by atoms with van der Waals surface area (Å²) in [4.78, 5) is 4.81. The zero-order valence-electron chi connectivity index (χ0n) is 12.3. The van der Waals surface area contributed by atoms with Crippen LogP contribution in [0, 0.1) is 0 Å². The zero-order valence-corrected chi connectivity index (χ0v) is 12.3. The van der Waals surface area contributed by atoms with Gasteiger partial charge in [-0.2, -0.15) is 0 Å². The highest BCUT2D eigenvalue weighted by molar-refractivity contribution is 5.37. The van der Waals surface area contributed by atoms with E-state index in [-0.39, 0.29) is 17.5 Å². The largest absolute Gasteiger partial charge is 0.508 e. The standard InChI is InChI=1S/C15H25N3O2/c1-12(13-9-14(19)11-15(20)10-13)16-3-4-18-7-5-17(2)6-8-18/h9-12,16,19-20H,3-8H2,1-2H3. The molecule has 1 aliphatic heterocycles. The molecule has 20 heavy (non-hydrogen) atoms. The molecule has 112 valence electrons. The second-order valence-corrected chi connectivity index (χ2v) is 5.60. The maximum atomic E-state index is 9.50. The van der Waals surface area contributed by atoms with E-state index in [9.17, 15) is 10.2 Å².